The second-order valence-corrected chi connectivity index (χ2v) is 0. The van der Waals surface area contributed by atoms with Gasteiger partial charge in [0.25, 0.3) is 0 Å². The molecular formula is CHClKN. The Labute approximate surface area is 74.2 Å². The molecule has 0 aliphatic rings. The summed E-state index contributed by atoms with van der Waals surface area (Å²) in [7, 11) is 0. The molecule has 0 rings (SSSR count). The molecule has 0 aromatic carbocycles. The average molecular weight is 102 g/mol. The van der Waals surface area contributed by atoms with Crippen molar-refractivity contribution in [1.82, 2.24) is 0 Å². The van der Waals surface area contributed by atoms with Gasteiger partial charge < -0.3 is 11.8 Å². The van der Waals surface area contributed by atoms with Crippen molar-refractivity contribution in [2.24, 2.45) is 0 Å². The predicted molar refractivity (Wildman–Crippen MR) is 12.2 cm³/mol. The van der Waals surface area contributed by atoms with Crippen LogP contribution in [0.5, 0.6) is 0 Å². The molecule has 0 unspecified atom stereocenters. The quantitative estimate of drug-likeness (QED) is 0.245. The van der Waals surface area contributed by atoms with Crippen LogP contribution in [0.2, 0.25) is 0 Å². The molecule has 0 aromatic heterocycles. The topological polar surface area (TPSA) is 23.8 Å². The third-order valence-corrected chi connectivity index (χ3v) is 0. The fraction of sp³-hybridized carbons (Fsp3) is 0. The minimum Gasteiger partial charge on any atom is -0.512 e. The number of halogens is 1. The molecule has 0 amide bonds. The molecule has 0 aliphatic heterocycles. The van der Waals surface area contributed by atoms with Crippen molar-refractivity contribution in [3.63, 3.8) is 0 Å². The van der Waals surface area contributed by atoms with Gasteiger partial charge in [-0.05, 0) is 0 Å². The van der Waals surface area contributed by atoms with Gasteiger partial charge in [-0.15, -0.1) is 12.4 Å². The van der Waals surface area contributed by atoms with E-state index in [1.807, 2.05) is 0 Å². The van der Waals surface area contributed by atoms with Crippen molar-refractivity contribution < 1.29 is 51.4 Å². The molecule has 0 N–H and O–H groups in total. The minimum atomic E-state index is 0. The van der Waals surface area contributed by atoms with Crippen LogP contribution in [0.4, 0.5) is 0 Å². The molecule has 3 heteroatoms. The molecular weight excluding hydrogens is 101 g/mol. The van der Waals surface area contributed by atoms with E-state index in [4.69, 9.17) is 11.8 Å². The van der Waals surface area contributed by atoms with E-state index in [-0.39, 0.29) is 63.8 Å². The largest absolute Gasteiger partial charge is 1.00 e. The van der Waals surface area contributed by atoms with Crippen molar-refractivity contribution in [2.75, 3.05) is 0 Å². The number of hydrogen-bond donors (Lipinski definition) is 0. The van der Waals surface area contributed by atoms with Gasteiger partial charge in [0.2, 0.25) is 0 Å². The van der Waals surface area contributed by atoms with Crippen LogP contribution in [0.1, 0.15) is 0 Å². The van der Waals surface area contributed by atoms with Gasteiger partial charge in [-0.2, -0.15) is 0 Å². The summed E-state index contributed by atoms with van der Waals surface area (Å²) in [6.45, 7) is 4.75. The van der Waals surface area contributed by atoms with Crippen molar-refractivity contribution in [3.05, 3.63) is 6.57 Å². The maximum atomic E-state index is 6.25. The normalized spacial score (nSPS) is 0.500. The summed E-state index contributed by atoms with van der Waals surface area (Å²) in [5.41, 5.74) is 0. The van der Waals surface area contributed by atoms with Gasteiger partial charge in [0.1, 0.15) is 0 Å². The molecule has 18 valence electrons. The van der Waals surface area contributed by atoms with Crippen LogP contribution in [0.25, 0.3) is 0 Å². The zero-order chi connectivity index (χ0) is 2.00. The van der Waals surface area contributed by atoms with Gasteiger partial charge in [0, 0.05) is 0 Å². The van der Waals surface area contributed by atoms with Crippen LogP contribution in [-0.4, -0.2) is 0 Å². The van der Waals surface area contributed by atoms with Gasteiger partial charge in [0.05, 0.1) is 0 Å². The van der Waals surface area contributed by atoms with Crippen LogP contribution in [0.3, 0.4) is 0 Å². The first kappa shape index (κ1) is 18.1. The maximum absolute atomic E-state index is 6.25. The van der Waals surface area contributed by atoms with Gasteiger partial charge in [-0.3, -0.25) is 0 Å². The fourth-order valence-electron chi connectivity index (χ4n) is 0. The first-order valence-electron chi connectivity index (χ1n) is 0.224. The Kier molecular flexibility index (Phi) is 116. The van der Waals surface area contributed by atoms with Crippen LogP contribution in [-0.2, 0) is 0 Å². The fourth-order valence-corrected chi connectivity index (χ4v) is 0. The van der Waals surface area contributed by atoms with E-state index in [0.29, 0.717) is 0 Å². The standard InChI is InChI=1S/CN.ClH.K/c1-2;;/h;1H;/q-1;;+1. The van der Waals surface area contributed by atoms with Crippen molar-refractivity contribution in [2.45, 2.75) is 0 Å². The van der Waals surface area contributed by atoms with E-state index in [1.165, 1.54) is 0 Å². The zero-order valence-electron chi connectivity index (χ0n) is 2.36. The predicted octanol–water partition coefficient (Wildman–Crippen LogP) is -2.48. The SMILES string of the molecule is Cl.[C-]#N.[K+]. The maximum Gasteiger partial charge on any atom is 1.00 e. The van der Waals surface area contributed by atoms with Crippen molar-refractivity contribution >= 4 is 12.4 Å². The summed E-state index contributed by atoms with van der Waals surface area (Å²) >= 11 is 0. The second-order valence-electron chi connectivity index (χ2n) is 0. The Morgan fingerprint density at radius 2 is 1.25 bits per heavy atom. The van der Waals surface area contributed by atoms with Gasteiger partial charge >= 0.3 is 51.4 Å². The summed E-state index contributed by atoms with van der Waals surface area (Å²) in [6, 6.07) is 0. The number of nitrogens with zero attached hydrogens (tertiary/aromatic N) is 1. The van der Waals surface area contributed by atoms with E-state index in [1.54, 1.807) is 0 Å². The Bertz CT molecular complexity index is 12.8. The Morgan fingerprint density at radius 3 is 1.25 bits per heavy atom. The molecule has 0 radical (unpaired) electrons. The minimum absolute atomic E-state index is 0. The first-order valence-corrected chi connectivity index (χ1v) is 0.224. The third-order valence-electron chi connectivity index (χ3n) is 0. The Hall–Kier alpha value is 1.42. The molecule has 0 fully saturated rings. The van der Waals surface area contributed by atoms with Crippen LogP contribution in [0, 0.1) is 11.8 Å². The van der Waals surface area contributed by atoms with Crippen LogP contribution >= 0.6 is 12.4 Å². The molecule has 1 nitrogen and oxygen atoms in total. The molecule has 0 bridgehead atoms. The molecule has 4 heavy (non-hydrogen) atoms. The summed E-state index contributed by atoms with van der Waals surface area (Å²) in [4.78, 5) is 0. The number of rotatable bonds is 0. The third kappa shape index (κ3) is 9.94. The van der Waals surface area contributed by atoms with Crippen LogP contribution < -0.4 is 51.4 Å². The molecule has 0 atom stereocenters. The van der Waals surface area contributed by atoms with Crippen LogP contribution in [0.15, 0.2) is 0 Å². The second kappa shape index (κ2) is 25.7. The molecule has 0 aliphatic carbocycles. The van der Waals surface area contributed by atoms with E-state index in [2.05, 4.69) is 0 Å². The van der Waals surface area contributed by atoms with E-state index in [9.17, 15) is 0 Å². The first-order chi connectivity index (χ1) is 1.00. The van der Waals surface area contributed by atoms with Crippen molar-refractivity contribution in [3.8, 4) is 0 Å². The molecule has 0 saturated carbocycles. The van der Waals surface area contributed by atoms with Gasteiger partial charge in [-0.25, -0.2) is 0 Å². The monoisotopic (exact) mass is 101 g/mol. The molecule has 0 spiro atoms. The van der Waals surface area contributed by atoms with E-state index >= 15 is 0 Å². The Balaban J connectivity index is -0.00000000500. The summed E-state index contributed by atoms with van der Waals surface area (Å²) in [6.07, 6.45) is 0. The summed E-state index contributed by atoms with van der Waals surface area (Å²) < 4.78 is 0. The average Bonchev–Trinajstić information content (AvgIpc) is 1.00. The smallest absolute Gasteiger partial charge is 0.512 e. The molecule has 0 aromatic rings. The summed E-state index contributed by atoms with van der Waals surface area (Å²) in [5.74, 6) is 0. The van der Waals surface area contributed by atoms with Gasteiger partial charge in [-0.1, -0.05) is 0 Å². The molecule has 0 heterocycles. The zero-order valence-corrected chi connectivity index (χ0v) is 6.30. The summed E-state index contributed by atoms with van der Waals surface area (Å²) in [5, 5.41) is 6.25. The van der Waals surface area contributed by atoms with Crippen molar-refractivity contribution in [1.29, 1.82) is 5.26 Å². The Morgan fingerprint density at radius 1 is 1.25 bits per heavy atom. The van der Waals surface area contributed by atoms with E-state index in [0.717, 1.165) is 0 Å². The number of hydrogen-bond acceptors (Lipinski definition) is 1. The van der Waals surface area contributed by atoms with Gasteiger partial charge in [0.15, 0.2) is 0 Å². The molecule has 0 saturated heterocycles. The van der Waals surface area contributed by atoms with E-state index < -0.39 is 0 Å².